The van der Waals surface area contributed by atoms with E-state index in [-0.39, 0.29) is 24.7 Å². The SMILES string of the molecule is COC(=O)C(Cc1ccc(O)cc1)NC(=O)C(NC(=O)OCc1ccccc1)C(C)C. The maximum Gasteiger partial charge on any atom is 0.408 e. The third-order valence-corrected chi connectivity index (χ3v) is 4.61. The Morgan fingerprint density at radius 2 is 1.58 bits per heavy atom. The van der Waals surface area contributed by atoms with Gasteiger partial charge in [0.1, 0.15) is 24.4 Å². The van der Waals surface area contributed by atoms with Crippen LogP contribution in [0.3, 0.4) is 0 Å². The number of phenolic OH excluding ortho intramolecular Hbond substituents is 1. The zero-order valence-electron chi connectivity index (χ0n) is 17.8. The van der Waals surface area contributed by atoms with Gasteiger partial charge >= 0.3 is 12.1 Å². The molecule has 0 saturated heterocycles. The van der Waals surface area contributed by atoms with E-state index in [4.69, 9.17) is 9.47 Å². The maximum atomic E-state index is 12.8. The van der Waals surface area contributed by atoms with Gasteiger partial charge < -0.3 is 25.2 Å². The van der Waals surface area contributed by atoms with Crippen molar-refractivity contribution in [1.82, 2.24) is 10.6 Å². The molecule has 2 aromatic rings. The number of amides is 2. The lowest BCUT2D eigenvalue weighted by molar-refractivity contribution is -0.145. The first kappa shape index (κ1) is 23.7. The molecule has 3 N–H and O–H groups in total. The van der Waals surface area contributed by atoms with Crippen LogP contribution in [0.15, 0.2) is 54.6 Å². The molecule has 31 heavy (non-hydrogen) atoms. The van der Waals surface area contributed by atoms with Gasteiger partial charge in [0.2, 0.25) is 5.91 Å². The van der Waals surface area contributed by atoms with Crippen LogP contribution in [0.2, 0.25) is 0 Å². The number of rotatable bonds is 9. The number of alkyl carbamates (subject to hydrolysis) is 1. The minimum atomic E-state index is -0.953. The molecular formula is C23H28N2O6. The first-order valence-corrected chi connectivity index (χ1v) is 9.93. The van der Waals surface area contributed by atoms with Gasteiger partial charge in [0.05, 0.1) is 7.11 Å². The number of esters is 1. The Balaban J connectivity index is 2.00. The van der Waals surface area contributed by atoms with Gasteiger partial charge in [-0.25, -0.2) is 9.59 Å². The van der Waals surface area contributed by atoms with Gasteiger partial charge in [-0.15, -0.1) is 0 Å². The molecule has 0 aliphatic carbocycles. The molecule has 166 valence electrons. The Hall–Kier alpha value is -3.55. The van der Waals surface area contributed by atoms with Crippen LogP contribution < -0.4 is 10.6 Å². The summed E-state index contributed by atoms with van der Waals surface area (Å²) in [7, 11) is 1.23. The van der Waals surface area contributed by atoms with Crippen LogP contribution in [0.5, 0.6) is 5.75 Å². The number of carbonyl (C=O) groups is 3. The van der Waals surface area contributed by atoms with E-state index in [2.05, 4.69) is 10.6 Å². The number of benzene rings is 2. The Bertz CT molecular complexity index is 867. The molecule has 0 aliphatic heterocycles. The number of aromatic hydroxyl groups is 1. The molecule has 2 rings (SSSR count). The van der Waals surface area contributed by atoms with E-state index in [1.807, 2.05) is 30.3 Å². The van der Waals surface area contributed by atoms with E-state index in [9.17, 15) is 19.5 Å². The molecule has 2 aromatic carbocycles. The fourth-order valence-electron chi connectivity index (χ4n) is 2.89. The van der Waals surface area contributed by atoms with E-state index >= 15 is 0 Å². The minimum Gasteiger partial charge on any atom is -0.508 e. The molecule has 2 amide bonds. The molecule has 0 bridgehead atoms. The van der Waals surface area contributed by atoms with Gasteiger partial charge in [0, 0.05) is 6.42 Å². The Kier molecular flexibility index (Phi) is 8.87. The molecule has 2 unspecified atom stereocenters. The van der Waals surface area contributed by atoms with Crippen molar-refractivity contribution in [3.8, 4) is 5.75 Å². The molecule has 0 aliphatic rings. The highest BCUT2D eigenvalue weighted by atomic mass is 16.5. The Morgan fingerprint density at radius 1 is 0.935 bits per heavy atom. The molecule has 8 nitrogen and oxygen atoms in total. The first-order valence-electron chi connectivity index (χ1n) is 9.93. The number of nitrogens with one attached hydrogen (secondary N) is 2. The van der Waals surface area contributed by atoms with Crippen LogP contribution in [0.4, 0.5) is 4.79 Å². The van der Waals surface area contributed by atoms with E-state index in [0.29, 0.717) is 0 Å². The smallest absolute Gasteiger partial charge is 0.408 e. The second-order valence-corrected chi connectivity index (χ2v) is 7.38. The average Bonchev–Trinajstić information content (AvgIpc) is 2.76. The van der Waals surface area contributed by atoms with Crippen molar-refractivity contribution in [1.29, 1.82) is 0 Å². The first-order chi connectivity index (χ1) is 14.8. The molecule has 0 spiro atoms. The van der Waals surface area contributed by atoms with Gasteiger partial charge in [-0.3, -0.25) is 4.79 Å². The third kappa shape index (κ3) is 7.65. The Labute approximate surface area is 181 Å². The summed E-state index contributed by atoms with van der Waals surface area (Å²) in [6, 6.07) is 13.6. The van der Waals surface area contributed by atoms with Gasteiger partial charge in [0.25, 0.3) is 0 Å². The van der Waals surface area contributed by atoms with Gasteiger partial charge in [0.15, 0.2) is 0 Å². The van der Waals surface area contributed by atoms with Gasteiger partial charge in [-0.05, 0) is 29.2 Å². The second-order valence-electron chi connectivity index (χ2n) is 7.38. The monoisotopic (exact) mass is 428 g/mol. The normalized spacial score (nSPS) is 12.5. The van der Waals surface area contributed by atoms with Crippen molar-refractivity contribution < 1.29 is 29.0 Å². The predicted molar refractivity (Wildman–Crippen MR) is 114 cm³/mol. The highest BCUT2D eigenvalue weighted by Crippen LogP contribution is 2.12. The molecule has 0 radical (unpaired) electrons. The largest absolute Gasteiger partial charge is 0.508 e. The van der Waals surface area contributed by atoms with Crippen molar-refractivity contribution in [3.05, 3.63) is 65.7 Å². The van der Waals surface area contributed by atoms with Crippen LogP contribution in [-0.4, -0.2) is 42.3 Å². The van der Waals surface area contributed by atoms with Crippen LogP contribution in [-0.2, 0) is 32.1 Å². The Morgan fingerprint density at radius 3 is 2.16 bits per heavy atom. The quantitative estimate of drug-likeness (QED) is 0.529. The highest BCUT2D eigenvalue weighted by molar-refractivity contribution is 5.90. The third-order valence-electron chi connectivity index (χ3n) is 4.61. The summed E-state index contributed by atoms with van der Waals surface area (Å²) >= 11 is 0. The number of methoxy groups -OCH3 is 1. The highest BCUT2D eigenvalue weighted by Gasteiger charge is 2.29. The molecule has 8 heteroatoms. The van der Waals surface area contributed by atoms with E-state index < -0.39 is 30.1 Å². The molecule has 0 aromatic heterocycles. The van der Waals surface area contributed by atoms with Crippen molar-refractivity contribution in [2.75, 3.05) is 7.11 Å². The predicted octanol–water partition coefficient (Wildman–Crippen LogP) is 2.54. The van der Waals surface area contributed by atoms with Crippen LogP contribution >= 0.6 is 0 Å². The summed E-state index contributed by atoms with van der Waals surface area (Å²) in [5.74, 6) is -1.30. The fourth-order valence-corrected chi connectivity index (χ4v) is 2.89. The topological polar surface area (TPSA) is 114 Å². The molecule has 0 heterocycles. The van der Waals surface area contributed by atoms with Crippen molar-refractivity contribution in [2.24, 2.45) is 5.92 Å². The standard InChI is InChI=1S/C23H28N2O6/c1-15(2)20(25-23(29)31-14-17-7-5-4-6-8-17)21(27)24-19(22(28)30-3)13-16-9-11-18(26)12-10-16/h4-12,15,19-20,26H,13-14H2,1-3H3,(H,24,27)(H,25,29). The number of phenols is 1. The number of hydrogen-bond acceptors (Lipinski definition) is 6. The lowest BCUT2D eigenvalue weighted by atomic mass is 10.0. The maximum absolute atomic E-state index is 12.8. The summed E-state index contributed by atoms with van der Waals surface area (Å²) in [6.07, 6.45) is -0.562. The van der Waals surface area contributed by atoms with Gasteiger partial charge in [-0.2, -0.15) is 0 Å². The minimum absolute atomic E-state index is 0.0742. The van der Waals surface area contributed by atoms with Crippen molar-refractivity contribution in [2.45, 2.75) is 39.0 Å². The lowest BCUT2D eigenvalue weighted by Crippen LogP contribution is -2.54. The number of hydrogen-bond donors (Lipinski definition) is 3. The lowest BCUT2D eigenvalue weighted by Gasteiger charge is -2.24. The fraction of sp³-hybridized carbons (Fsp3) is 0.348. The van der Waals surface area contributed by atoms with E-state index in [1.54, 1.807) is 26.0 Å². The average molecular weight is 428 g/mol. The zero-order valence-corrected chi connectivity index (χ0v) is 17.8. The molecule has 0 saturated carbocycles. The second kappa shape index (κ2) is 11.6. The summed E-state index contributed by atoms with van der Waals surface area (Å²) in [5.41, 5.74) is 1.55. The number of ether oxygens (including phenoxy) is 2. The van der Waals surface area contributed by atoms with Crippen LogP contribution in [0, 0.1) is 5.92 Å². The zero-order chi connectivity index (χ0) is 22.8. The molecular weight excluding hydrogens is 400 g/mol. The van der Waals surface area contributed by atoms with E-state index in [0.717, 1.165) is 11.1 Å². The summed E-state index contributed by atoms with van der Waals surface area (Å²) in [4.78, 5) is 37.2. The van der Waals surface area contributed by atoms with Crippen molar-refractivity contribution in [3.63, 3.8) is 0 Å². The number of carbonyl (C=O) groups excluding carboxylic acids is 3. The van der Waals surface area contributed by atoms with Crippen molar-refractivity contribution >= 4 is 18.0 Å². The molecule has 0 fully saturated rings. The van der Waals surface area contributed by atoms with Gasteiger partial charge in [-0.1, -0.05) is 56.3 Å². The summed E-state index contributed by atoms with van der Waals surface area (Å²) in [6.45, 7) is 3.62. The summed E-state index contributed by atoms with van der Waals surface area (Å²) < 4.78 is 10.00. The van der Waals surface area contributed by atoms with Crippen LogP contribution in [0.1, 0.15) is 25.0 Å². The van der Waals surface area contributed by atoms with Crippen LogP contribution in [0.25, 0.3) is 0 Å². The van der Waals surface area contributed by atoms with E-state index in [1.165, 1.54) is 19.2 Å². The summed E-state index contributed by atoms with van der Waals surface area (Å²) in [5, 5.41) is 14.6. The molecule has 2 atom stereocenters.